The van der Waals surface area contributed by atoms with E-state index >= 15 is 0 Å². The third kappa shape index (κ3) is 6.74. The van der Waals surface area contributed by atoms with E-state index in [4.69, 9.17) is 9.57 Å². The number of carbonyl (C=O) groups excluding carboxylic acids is 1. The predicted molar refractivity (Wildman–Crippen MR) is 148 cm³/mol. The van der Waals surface area contributed by atoms with E-state index in [1.807, 2.05) is 12.1 Å². The summed E-state index contributed by atoms with van der Waals surface area (Å²) in [6.45, 7) is 4.44. The molecule has 1 amide bonds. The van der Waals surface area contributed by atoms with E-state index in [1.54, 1.807) is 36.5 Å². The monoisotopic (exact) mass is 551 g/mol. The molecule has 0 radical (unpaired) electrons. The van der Waals surface area contributed by atoms with Gasteiger partial charge in [0.15, 0.2) is 6.29 Å². The van der Waals surface area contributed by atoms with E-state index in [0.717, 1.165) is 66.4 Å². The molecule has 4 heterocycles. The van der Waals surface area contributed by atoms with Crippen LogP contribution in [0.4, 0.5) is 5.82 Å². The summed E-state index contributed by atoms with van der Waals surface area (Å²) in [7, 11) is -1.68. The normalized spacial score (nSPS) is 18.9. The third-order valence-corrected chi connectivity index (χ3v) is 8.53. The summed E-state index contributed by atoms with van der Waals surface area (Å²) in [6, 6.07) is 12.4. The number of benzene rings is 1. The number of hydrogen-bond donors (Lipinski definition) is 1. The largest absolute Gasteiger partial charge is 0.354 e. The van der Waals surface area contributed by atoms with Crippen molar-refractivity contribution in [2.24, 2.45) is 0 Å². The molecule has 0 saturated carbocycles. The number of anilines is 1. The van der Waals surface area contributed by atoms with Crippen molar-refractivity contribution in [3.63, 3.8) is 0 Å². The number of piperazine rings is 1. The van der Waals surface area contributed by atoms with Gasteiger partial charge >= 0.3 is 0 Å². The van der Waals surface area contributed by atoms with Gasteiger partial charge in [-0.15, -0.1) is 0 Å². The molecule has 206 valence electrons. The van der Waals surface area contributed by atoms with Crippen LogP contribution < -0.4 is 10.4 Å². The molecule has 2 saturated heterocycles. The topological polar surface area (TPSA) is 106 Å². The van der Waals surface area contributed by atoms with Crippen LogP contribution in [0.25, 0.3) is 17.2 Å². The van der Waals surface area contributed by atoms with Crippen molar-refractivity contribution in [3.8, 4) is 11.1 Å². The summed E-state index contributed by atoms with van der Waals surface area (Å²) in [5.41, 5.74) is 4.80. The zero-order valence-electron chi connectivity index (χ0n) is 21.9. The Balaban J connectivity index is 1.22. The van der Waals surface area contributed by atoms with Crippen molar-refractivity contribution in [2.75, 3.05) is 44.7 Å². The van der Waals surface area contributed by atoms with Crippen molar-refractivity contribution in [1.29, 1.82) is 0 Å². The molecule has 2 aromatic heterocycles. The van der Waals surface area contributed by atoms with Crippen molar-refractivity contribution < 1.29 is 22.8 Å². The van der Waals surface area contributed by atoms with Crippen molar-refractivity contribution >= 4 is 27.8 Å². The van der Waals surface area contributed by atoms with Crippen LogP contribution in [0.15, 0.2) is 72.0 Å². The van der Waals surface area contributed by atoms with Crippen LogP contribution in [-0.2, 0) is 24.4 Å². The Hall–Kier alpha value is -3.51. The highest BCUT2D eigenvalue weighted by molar-refractivity contribution is 7.90. The van der Waals surface area contributed by atoms with Gasteiger partial charge in [-0.25, -0.2) is 27.7 Å². The van der Waals surface area contributed by atoms with Gasteiger partial charge in [0.05, 0.1) is 4.90 Å². The smallest absolute Gasteiger partial charge is 0.267 e. The maximum Gasteiger partial charge on any atom is 0.267 e. The quantitative estimate of drug-likeness (QED) is 0.336. The fourth-order valence-corrected chi connectivity index (χ4v) is 5.73. The van der Waals surface area contributed by atoms with Gasteiger partial charge in [0, 0.05) is 63.9 Å². The van der Waals surface area contributed by atoms with E-state index < -0.39 is 22.2 Å². The molecule has 1 atom stereocenters. The number of aromatic nitrogens is 2. The van der Waals surface area contributed by atoms with E-state index in [2.05, 4.69) is 27.3 Å². The third-order valence-electron chi connectivity index (χ3n) is 6.88. The number of carbonyl (C=O) groups is 1. The van der Waals surface area contributed by atoms with Crippen LogP contribution in [-0.4, -0.2) is 74.3 Å². The molecule has 3 aromatic rings. The number of pyridine rings is 1. The molecule has 2 aliphatic rings. The molecule has 2 fully saturated rings. The van der Waals surface area contributed by atoms with Crippen LogP contribution in [0.3, 0.4) is 0 Å². The van der Waals surface area contributed by atoms with Gasteiger partial charge in [-0.1, -0.05) is 12.1 Å². The summed E-state index contributed by atoms with van der Waals surface area (Å²) < 4.78 is 33.0. The van der Waals surface area contributed by atoms with Gasteiger partial charge < -0.3 is 14.5 Å². The highest BCUT2D eigenvalue weighted by Gasteiger charge is 2.19. The average molecular weight is 552 g/mol. The number of hydroxylamine groups is 1. The lowest BCUT2D eigenvalue weighted by atomic mass is 10.1. The molecule has 11 heteroatoms. The number of nitrogens with one attached hydrogen (secondary N) is 1. The lowest BCUT2D eigenvalue weighted by Crippen LogP contribution is -2.44. The van der Waals surface area contributed by atoms with E-state index in [0.29, 0.717) is 12.2 Å². The Labute approximate surface area is 228 Å². The number of likely N-dealkylation sites (N-methyl/N-ethyl adjacent to an activating group) is 1. The number of hydrogen-bond acceptors (Lipinski definition) is 8. The second-order valence-corrected chi connectivity index (χ2v) is 11.6. The molecule has 39 heavy (non-hydrogen) atoms. The standard InChI is InChI=1S/C28H33N5O5S/c1-31-15-17-32(18-16-31)26-20-24(11-13-29-26)23-6-8-25(9-7-23)39(35,36)33-14-12-22(21-33)5-10-27(34)30-38-28-4-2-3-19-37-28/h5-14,20-21,28H,2-4,15-19H2,1H3,(H,30,34). The first kappa shape index (κ1) is 27.1. The zero-order chi connectivity index (χ0) is 27.2. The van der Waals surface area contributed by atoms with Crippen LogP contribution in [0.2, 0.25) is 0 Å². The molecule has 10 nitrogen and oxygen atoms in total. The highest BCUT2D eigenvalue weighted by Crippen LogP contribution is 2.26. The van der Waals surface area contributed by atoms with Crippen molar-refractivity contribution in [3.05, 3.63) is 72.7 Å². The number of ether oxygens (including phenoxy) is 1. The SMILES string of the molecule is CN1CCN(c2cc(-c3ccc(S(=O)(=O)n4ccc(C=CC(=O)NOC5CCCCO5)c4)cc3)ccn2)CC1. The summed E-state index contributed by atoms with van der Waals surface area (Å²) in [6.07, 6.45) is 9.78. The molecule has 0 aliphatic carbocycles. The van der Waals surface area contributed by atoms with Crippen LogP contribution in [0.1, 0.15) is 24.8 Å². The molecule has 1 aromatic carbocycles. The Bertz CT molecular complexity index is 1410. The number of rotatable bonds is 8. The minimum atomic E-state index is -3.80. The Kier molecular flexibility index (Phi) is 8.41. The van der Waals surface area contributed by atoms with E-state index in [1.165, 1.54) is 24.5 Å². The molecular weight excluding hydrogens is 518 g/mol. The fourth-order valence-electron chi connectivity index (χ4n) is 4.52. The van der Waals surface area contributed by atoms with Gasteiger partial charge in [-0.05, 0) is 73.0 Å². The predicted octanol–water partition coefficient (Wildman–Crippen LogP) is 3.13. The first-order chi connectivity index (χ1) is 18.9. The van der Waals surface area contributed by atoms with Gasteiger partial charge in [0.2, 0.25) is 0 Å². The van der Waals surface area contributed by atoms with Crippen LogP contribution in [0, 0.1) is 0 Å². The molecule has 1 unspecified atom stereocenters. The van der Waals surface area contributed by atoms with Gasteiger partial charge in [0.25, 0.3) is 15.9 Å². The molecular formula is C28H33N5O5S. The summed E-state index contributed by atoms with van der Waals surface area (Å²) >= 11 is 0. The van der Waals surface area contributed by atoms with Gasteiger partial charge in [-0.2, -0.15) is 0 Å². The zero-order valence-corrected chi connectivity index (χ0v) is 22.7. The molecule has 1 N–H and O–H groups in total. The fraction of sp³-hybridized carbons (Fsp3) is 0.357. The van der Waals surface area contributed by atoms with E-state index in [-0.39, 0.29) is 4.90 Å². The number of amides is 1. The first-order valence-electron chi connectivity index (χ1n) is 13.1. The van der Waals surface area contributed by atoms with E-state index in [9.17, 15) is 13.2 Å². The minimum Gasteiger partial charge on any atom is -0.354 e. The average Bonchev–Trinajstić information content (AvgIpc) is 3.46. The van der Waals surface area contributed by atoms with Crippen LogP contribution in [0.5, 0.6) is 0 Å². The molecule has 5 rings (SSSR count). The lowest BCUT2D eigenvalue weighted by molar-refractivity contribution is -0.198. The second-order valence-electron chi connectivity index (χ2n) is 9.71. The van der Waals surface area contributed by atoms with Crippen molar-refractivity contribution in [2.45, 2.75) is 30.4 Å². The molecule has 2 aliphatic heterocycles. The Morgan fingerprint density at radius 1 is 1.08 bits per heavy atom. The highest BCUT2D eigenvalue weighted by atomic mass is 32.2. The van der Waals surface area contributed by atoms with Crippen LogP contribution >= 0.6 is 0 Å². The Morgan fingerprint density at radius 2 is 1.87 bits per heavy atom. The minimum absolute atomic E-state index is 0.171. The Morgan fingerprint density at radius 3 is 2.62 bits per heavy atom. The second kappa shape index (κ2) is 12.1. The van der Waals surface area contributed by atoms with Gasteiger partial charge in [0.1, 0.15) is 5.82 Å². The lowest BCUT2D eigenvalue weighted by Gasteiger charge is -2.33. The number of nitrogens with zero attached hydrogens (tertiary/aromatic N) is 4. The first-order valence-corrected chi connectivity index (χ1v) is 14.5. The summed E-state index contributed by atoms with van der Waals surface area (Å²) in [5, 5.41) is 0. The van der Waals surface area contributed by atoms with Crippen molar-refractivity contribution in [1.82, 2.24) is 19.3 Å². The summed E-state index contributed by atoms with van der Waals surface area (Å²) in [4.78, 5) is 26.6. The molecule has 0 bridgehead atoms. The summed E-state index contributed by atoms with van der Waals surface area (Å²) in [5.74, 6) is 0.468. The maximum absolute atomic E-state index is 13.2. The maximum atomic E-state index is 13.2. The van der Waals surface area contributed by atoms with Gasteiger partial charge in [-0.3, -0.25) is 4.79 Å². The molecule has 0 spiro atoms.